The van der Waals surface area contributed by atoms with Gasteiger partial charge in [-0.25, -0.2) is 4.57 Å². The number of H-pyrrole nitrogens is 1. The Bertz CT molecular complexity index is 839. The Morgan fingerprint density at radius 1 is 1.13 bits per heavy atom. The minimum Gasteiger partial charge on any atom is -0.400 e. The number of anilines is 1. The molecule has 3 aromatic rings. The van der Waals surface area contributed by atoms with Gasteiger partial charge in [0.25, 0.3) is 0 Å². The molecule has 0 bridgehead atoms. The van der Waals surface area contributed by atoms with Crippen molar-refractivity contribution in [3.05, 3.63) is 59.2 Å². The fourth-order valence-corrected chi connectivity index (χ4v) is 2.60. The predicted molar refractivity (Wildman–Crippen MR) is 91.6 cm³/mol. The summed E-state index contributed by atoms with van der Waals surface area (Å²) in [5, 5.41) is 0.602. The summed E-state index contributed by atoms with van der Waals surface area (Å²) in [6, 6.07) is 14.7. The molecule has 0 amide bonds. The van der Waals surface area contributed by atoms with Crippen LogP contribution in [0.1, 0.15) is 5.56 Å². The third kappa shape index (κ3) is 4.74. The van der Waals surface area contributed by atoms with E-state index in [0.717, 1.165) is 11.3 Å². The number of nitrogen functional groups attached to an aromatic ring is 1. The largest absolute Gasteiger partial charge is 0.524 e. The van der Waals surface area contributed by atoms with E-state index in [9.17, 15) is 4.57 Å². The Kier molecular flexibility index (Phi) is 5.34. The maximum absolute atomic E-state index is 10.7. The first-order chi connectivity index (χ1) is 10.8. The van der Waals surface area contributed by atoms with E-state index in [4.69, 9.17) is 27.1 Å². The summed E-state index contributed by atoms with van der Waals surface area (Å²) in [6.45, 7) is 2.00. The number of para-hydroxylation sites is 2. The highest BCUT2D eigenvalue weighted by molar-refractivity contribution is 7.46. The van der Waals surface area contributed by atoms with Gasteiger partial charge in [0.05, 0.1) is 5.52 Å². The van der Waals surface area contributed by atoms with Crippen molar-refractivity contribution in [1.29, 1.82) is 0 Å². The molecule has 0 spiro atoms. The molecule has 0 aliphatic rings. The van der Waals surface area contributed by atoms with E-state index in [1.807, 2.05) is 31.2 Å². The van der Waals surface area contributed by atoms with E-state index >= 15 is 0 Å². The minimum absolute atomic E-state index is 0.0272. The molecule has 0 aliphatic heterocycles. The molecule has 23 heavy (non-hydrogen) atoms. The number of nitrogens with one attached hydrogen (secondary N) is 1. The molecule has 0 unspecified atom stereocenters. The zero-order valence-electron chi connectivity index (χ0n) is 12.2. The van der Waals surface area contributed by atoms with Gasteiger partial charge in [-0.05, 0) is 30.7 Å². The average molecular weight is 355 g/mol. The number of rotatable bonds is 2. The van der Waals surface area contributed by atoms with Crippen LogP contribution >= 0.6 is 19.4 Å². The van der Waals surface area contributed by atoms with Crippen molar-refractivity contribution in [2.75, 3.05) is 5.73 Å². The summed E-state index contributed by atoms with van der Waals surface area (Å²) < 4.78 is 15.2. The van der Waals surface area contributed by atoms with Crippen molar-refractivity contribution >= 4 is 36.0 Å². The summed E-state index contributed by atoms with van der Waals surface area (Å²) in [6.07, 6.45) is 0. The first-order valence-corrected chi connectivity index (χ1v) is 8.51. The van der Waals surface area contributed by atoms with Crippen molar-refractivity contribution in [2.24, 2.45) is 0 Å². The summed E-state index contributed by atoms with van der Waals surface area (Å²) >= 11 is 5.75. The first kappa shape index (κ1) is 17.4. The lowest BCUT2D eigenvalue weighted by Crippen LogP contribution is -1.89. The van der Waals surface area contributed by atoms with Crippen molar-refractivity contribution in [1.82, 2.24) is 4.98 Å². The number of aromatic amines is 1. The van der Waals surface area contributed by atoms with Crippen LogP contribution in [-0.2, 0) is 4.57 Å². The average Bonchev–Trinajstić information content (AvgIpc) is 2.78. The number of phosphoric acid groups is 1. The van der Waals surface area contributed by atoms with E-state index in [1.165, 1.54) is 0 Å². The topological polar surface area (TPSA) is 109 Å². The van der Waals surface area contributed by atoms with Gasteiger partial charge in [-0.1, -0.05) is 41.9 Å². The van der Waals surface area contributed by atoms with Crippen molar-refractivity contribution in [3.8, 4) is 5.75 Å². The van der Waals surface area contributed by atoms with E-state index in [-0.39, 0.29) is 10.9 Å². The standard InChI is InChI=1S/C8H7ClNO4P.C7H9N/c9-8-7(14-15(11,12)13)5-3-1-2-4-6(5)10-8;1-6-4-2-3-5-7(6)8/h1-4,10H,(H2,11,12,13);2-5H,8H2,1H3. The van der Waals surface area contributed by atoms with Crippen LogP contribution in [0, 0.1) is 6.92 Å². The van der Waals surface area contributed by atoms with Crippen LogP contribution in [-0.4, -0.2) is 14.8 Å². The zero-order chi connectivity index (χ0) is 17.0. The van der Waals surface area contributed by atoms with Gasteiger partial charge in [0.2, 0.25) is 0 Å². The number of hydrogen-bond donors (Lipinski definition) is 4. The van der Waals surface area contributed by atoms with Gasteiger partial charge in [0.1, 0.15) is 0 Å². The lowest BCUT2D eigenvalue weighted by Gasteiger charge is -2.05. The molecule has 5 N–H and O–H groups in total. The molecule has 0 radical (unpaired) electrons. The van der Waals surface area contributed by atoms with Crippen LogP contribution in [0.2, 0.25) is 5.15 Å². The fourth-order valence-electron chi connectivity index (χ4n) is 1.88. The lowest BCUT2D eigenvalue weighted by atomic mass is 10.2. The minimum atomic E-state index is -4.59. The number of aromatic nitrogens is 1. The number of phosphoric ester groups is 1. The summed E-state index contributed by atoms with van der Waals surface area (Å²) in [5.41, 5.74) is 8.19. The molecule has 0 atom stereocenters. The summed E-state index contributed by atoms with van der Waals surface area (Å²) in [4.78, 5) is 20.1. The molecule has 3 rings (SSSR count). The fraction of sp³-hybridized carbons (Fsp3) is 0.0667. The second-order valence-corrected chi connectivity index (χ2v) is 6.29. The number of benzene rings is 2. The number of halogens is 1. The van der Waals surface area contributed by atoms with Crippen molar-refractivity contribution in [2.45, 2.75) is 6.92 Å². The SMILES string of the molecule is Cc1ccccc1N.O=P(O)(O)Oc1c(Cl)[nH]c2ccccc12. The highest BCUT2D eigenvalue weighted by atomic mass is 35.5. The number of hydrogen-bond acceptors (Lipinski definition) is 3. The monoisotopic (exact) mass is 354 g/mol. The van der Waals surface area contributed by atoms with Gasteiger partial charge in [0.15, 0.2) is 10.9 Å². The third-order valence-electron chi connectivity index (χ3n) is 3.01. The molecule has 1 aromatic heterocycles. The van der Waals surface area contributed by atoms with Crippen LogP contribution in [0.3, 0.4) is 0 Å². The van der Waals surface area contributed by atoms with Gasteiger partial charge in [-0.3, -0.25) is 9.79 Å². The van der Waals surface area contributed by atoms with Crippen LogP contribution in [0.4, 0.5) is 5.69 Å². The smallest absolute Gasteiger partial charge is 0.400 e. The molecule has 0 aliphatic carbocycles. The molecule has 122 valence electrons. The zero-order valence-corrected chi connectivity index (χ0v) is 13.9. The maximum atomic E-state index is 10.7. The van der Waals surface area contributed by atoms with Gasteiger partial charge in [0, 0.05) is 11.1 Å². The second kappa shape index (κ2) is 7.06. The number of aryl methyl sites for hydroxylation is 1. The van der Waals surface area contributed by atoms with Gasteiger partial charge >= 0.3 is 7.82 Å². The summed E-state index contributed by atoms with van der Waals surface area (Å²) in [5.74, 6) is -0.0272. The predicted octanol–water partition coefficient (Wildman–Crippen LogP) is 3.87. The molecule has 0 saturated carbocycles. The van der Waals surface area contributed by atoms with Gasteiger partial charge < -0.3 is 15.2 Å². The molecule has 8 heteroatoms. The van der Waals surface area contributed by atoms with Crippen LogP contribution in [0.15, 0.2) is 48.5 Å². The van der Waals surface area contributed by atoms with E-state index in [1.54, 1.807) is 24.3 Å². The summed E-state index contributed by atoms with van der Waals surface area (Å²) in [7, 11) is -4.59. The molecular formula is C15H16ClN2O4P. The number of fused-ring (bicyclic) bond motifs is 1. The number of nitrogens with two attached hydrogens (primary N) is 1. The van der Waals surface area contributed by atoms with Crippen LogP contribution < -0.4 is 10.3 Å². The van der Waals surface area contributed by atoms with Crippen LogP contribution in [0.25, 0.3) is 10.9 Å². The Morgan fingerprint density at radius 3 is 2.30 bits per heavy atom. The van der Waals surface area contributed by atoms with Crippen molar-refractivity contribution < 1.29 is 18.9 Å². The van der Waals surface area contributed by atoms with Crippen LogP contribution in [0.5, 0.6) is 5.75 Å². The molecule has 0 saturated heterocycles. The van der Waals surface area contributed by atoms with E-state index in [0.29, 0.717) is 10.9 Å². The van der Waals surface area contributed by atoms with E-state index in [2.05, 4.69) is 9.51 Å². The molecule has 6 nitrogen and oxygen atoms in total. The van der Waals surface area contributed by atoms with Crippen molar-refractivity contribution in [3.63, 3.8) is 0 Å². The normalized spacial score (nSPS) is 11.0. The Hall–Kier alpha value is -1.98. The second-order valence-electron chi connectivity index (χ2n) is 4.75. The Balaban J connectivity index is 0.000000203. The Labute approximate surface area is 138 Å². The van der Waals surface area contributed by atoms with E-state index < -0.39 is 7.82 Å². The highest BCUT2D eigenvalue weighted by Crippen LogP contribution is 2.44. The molecule has 1 heterocycles. The van der Waals surface area contributed by atoms with Gasteiger partial charge in [-0.15, -0.1) is 0 Å². The molecule has 0 fully saturated rings. The maximum Gasteiger partial charge on any atom is 0.524 e. The molecule has 2 aromatic carbocycles. The Morgan fingerprint density at radius 2 is 1.74 bits per heavy atom. The van der Waals surface area contributed by atoms with Gasteiger partial charge in [-0.2, -0.15) is 0 Å². The highest BCUT2D eigenvalue weighted by Gasteiger charge is 2.21. The first-order valence-electron chi connectivity index (χ1n) is 6.60. The molecular weight excluding hydrogens is 339 g/mol. The quantitative estimate of drug-likeness (QED) is 0.412. The third-order valence-corrected chi connectivity index (χ3v) is 3.70. The lowest BCUT2D eigenvalue weighted by molar-refractivity contribution is 0.284.